The topological polar surface area (TPSA) is 88.6 Å². The Morgan fingerprint density at radius 3 is 2.59 bits per heavy atom. The minimum atomic E-state index is -0.902. The zero-order valence-corrected chi connectivity index (χ0v) is 12.2. The monoisotopic (exact) mass is 303 g/mol. The first-order valence-electron chi connectivity index (χ1n) is 6.77. The van der Waals surface area contributed by atoms with Gasteiger partial charge in [-0.15, -0.1) is 0 Å². The summed E-state index contributed by atoms with van der Waals surface area (Å²) in [7, 11) is 1.59. The van der Waals surface area contributed by atoms with Crippen molar-refractivity contribution < 1.29 is 19.4 Å². The lowest BCUT2D eigenvalue weighted by molar-refractivity contribution is -0.136. The normalized spacial score (nSPS) is 10.2. The third kappa shape index (κ3) is 4.37. The Morgan fingerprint density at radius 1 is 1.27 bits per heavy atom. The summed E-state index contributed by atoms with van der Waals surface area (Å²) in [6, 6.07) is 8.71. The zero-order chi connectivity index (χ0) is 15.9. The molecule has 0 aliphatic carbocycles. The molecule has 0 aliphatic heterocycles. The molecule has 0 fully saturated rings. The fraction of sp³-hybridized carbons (Fsp3) is 0.250. The molecule has 0 spiro atoms. The smallest absolute Gasteiger partial charge is 0.303 e. The molecule has 2 rings (SSSR count). The van der Waals surface area contributed by atoms with Gasteiger partial charge >= 0.3 is 5.97 Å². The zero-order valence-electron chi connectivity index (χ0n) is 12.2. The maximum absolute atomic E-state index is 11.9. The lowest BCUT2D eigenvalue weighted by Crippen LogP contribution is -2.10. The SMILES string of the molecule is COc1ccc(COc2c[nH]c(CCC(=O)O)cc2=O)cc1. The van der Waals surface area contributed by atoms with E-state index in [0.29, 0.717) is 5.69 Å². The Kier molecular flexibility index (Phi) is 5.19. The maximum atomic E-state index is 11.9. The molecule has 6 nitrogen and oxygen atoms in total. The molecule has 1 aromatic carbocycles. The molecular formula is C16H17NO5. The number of aromatic amines is 1. The van der Waals surface area contributed by atoms with Gasteiger partial charge in [-0.3, -0.25) is 9.59 Å². The van der Waals surface area contributed by atoms with E-state index in [-0.39, 0.29) is 30.6 Å². The van der Waals surface area contributed by atoms with Crippen LogP contribution in [0.1, 0.15) is 17.7 Å². The number of methoxy groups -OCH3 is 1. The number of nitrogens with one attached hydrogen (secondary N) is 1. The van der Waals surface area contributed by atoms with Crippen molar-refractivity contribution >= 4 is 5.97 Å². The minimum Gasteiger partial charge on any atom is -0.497 e. The van der Waals surface area contributed by atoms with Crippen LogP contribution in [-0.2, 0) is 17.8 Å². The molecule has 116 valence electrons. The van der Waals surface area contributed by atoms with Crippen LogP contribution in [0, 0.1) is 0 Å². The Morgan fingerprint density at radius 2 is 2.00 bits per heavy atom. The molecule has 0 saturated carbocycles. The van der Waals surface area contributed by atoms with Gasteiger partial charge in [0.25, 0.3) is 0 Å². The van der Waals surface area contributed by atoms with Crippen LogP contribution in [0.3, 0.4) is 0 Å². The second-order valence-electron chi connectivity index (χ2n) is 4.72. The van der Waals surface area contributed by atoms with Gasteiger partial charge in [0.05, 0.1) is 13.5 Å². The van der Waals surface area contributed by atoms with Crippen LogP contribution in [0.4, 0.5) is 0 Å². The number of hydrogen-bond acceptors (Lipinski definition) is 4. The second-order valence-corrected chi connectivity index (χ2v) is 4.72. The van der Waals surface area contributed by atoms with Gasteiger partial charge in [0.15, 0.2) is 5.75 Å². The quantitative estimate of drug-likeness (QED) is 0.816. The summed E-state index contributed by atoms with van der Waals surface area (Å²) in [6.07, 6.45) is 1.72. The largest absolute Gasteiger partial charge is 0.497 e. The molecular weight excluding hydrogens is 286 g/mol. The van der Waals surface area contributed by atoms with Crippen molar-refractivity contribution in [2.24, 2.45) is 0 Å². The van der Waals surface area contributed by atoms with E-state index in [4.69, 9.17) is 14.6 Å². The van der Waals surface area contributed by atoms with Crippen molar-refractivity contribution in [2.75, 3.05) is 7.11 Å². The van der Waals surface area contributed by atoms with E-state index in [9.17, 15) is 9.59 Å². The van der Waals surface area contributed by atoms with Gasteiger partial charge in [0, 0.05) is 18.0 Å². The van der Waals surface area contributed by atoms with Gasteiger partial charge in [0.2, 0.25) is 5.43 Å². The van der Waals surface area contributed by atoms with Crippen LogP contribution in [0.5, 0.6) is 11.5 Å². The van der Waals surface area contributed by atoms with E-state index in [0.717, 1.165) is 11.3 Å². The molecule has 0 bridgehead atoms. The lowest BCUT2D eigenvalue weighted by atomic mass is 10.2. The van der Waals surface area contributed by atoms with E-state index in [2.05, 4.69) is 4.98 Å². The predicted molar refractivity (Wildman–Crippen MR) is 80.3 cm³/mol. The van der Waals surface area contributed by atoms with E-state index >= 15 is 0 Å². The summed E-state index contributed by atoms with van der Waals surface area (Å²) in [5.41, 5.74) is 1.21. The molecule has 0 radical (unpaired) electrons. The summed E-state index contributed by atoms with van der Waals surface area (Å²) in [4.78, 5) is 25.3. The summed E-state index contributed by atoms with van der Waals surface area (Å²) < 4.78 is 10.5. The molecule has 22 heavy (non-hydrogen) atoms. The average molecular weight is 303 g/mol. The standard InChI is InChI=1S/C16H17NO5/c1-21-13-5-2-11(3-6-13)10-22-15-9-17-12(8-14(15)18)4-7-16(19)20/h2-3,5-6,8-9H,4,7,10H2,1H3,(H,17,18)(H,19,20). The Labute approximate surface area is 127 Å². The molecule has 2 N–H and O–H groups in total. The fourth-order valence-corrected chi connectivity index (χ4v) is 1.88. The van der Waals surface area contributed by atoms with Crippen LogP contribution in [0.15, 0.2) is 41.3 Å². The molecule has 2 aromatic rings. The average Bonchev–Trinajstić information content (AvgIpc) is 2.52. The molecule has 6 heteroatoms. The molecule has 0 atom stereocenters. The van der Waals surface area contributed by atoms with Crippen LogP contribution in [0.25, 0.3) is 0 Å². The van der Waals surface area contributed by atoms with Gasteiger partial charge in [-0.2, -0.15) is 0 Å². The van der Waals surface area contributed by atoms with Crippen molar-refractivity contribution in [3.63, 3.8) is 0 Å². The number of carbonyl (C=O) groups is 1. The van der Waals surface area contributed by atoms with Crippen LogP contribution < -0.4 is 14.9 Å². The van der Waals surface area contributed by atoms with Crippen molar-refractivity contribution in [2.45, 2.75) is 19.4 Å². The van der Waals surface area contributed by atoms with Gasteiger partial charge in [-0.25, -0.2) is 0 Å². The summed E-state index contributed by atoms with van der Waals surface area (Å²) in [5, 5.41) is 8.62. The number of pyridine rings is 1. The van der Waals surface area contributed by atoms with Crippen molar-refractivity contribution in [1.29, 1.82) is 0 Å². The molecule has 0 unspecified atom stereocenters. The first kappa shape index (κ1) is 15.6. The number of aromatic nitrogens is 1. The van der Waals surface area contributed by atoms with Gasteiger partial charge in [-0.05, 0) is 24.1 Å². The third-order valence-electron chi connectivity index (χ3n) is 3.10. The number of carboxylic acid groups (broad SMARTS) is 1. The number of aliphatic carboxylic acids is 1. The molecule has 0 aliphatic rings. The molecule has 0 saturated heterocycles. The summed E-state index contributed by atoms with van der Waals surface area (Å²) in [5.74, 6) is 0.0555. The lowest BCUT2D eigenvalue weighted by Gasteiger charge is -2.07. The molecule has 1 heterocycles. The summed E-state index contributed by atoms with van der Waals surface area (Å²) in [6.45, 7) is 0.265. The minimum absolute atomic E-state index is 0.0258. The van der Waals surface area contributed by atoms with Gasteiger partial charge < -0.3 is 19.6 Å². The van der Waals surface area contributed by atoms with Gasteiger partial charge in [-0.1, -0.05) is 12.1 Å². The third-order valence-corrected chi connectivity index (χ3v) is 3.10. The van der Waals surface area contributed by atoms with E-state index < -0.39 is 5.97 Å². The molecule has 0 amide bonds. The van der Waals surface area contributed by atoms with Crippen molar-refractivity contribution in [3.05, 3.63) is 58.0 Å². The first-order chi connectivity index (χ1) is 10.6. The van der Waals surface area contributed by atoms with E-state index in [1.165, 1.54) is 12.3 Å². The van der Waals surface area contributed by atoms with Gasteiger partial charge in [0.1, 0.15) is 12.4 Å². The number of rotatable bonds is 7. The highest BCUT2D eigenvalue weighted by atomic mass is 16.5. The van der Waals surface area contributed by atoms with Crippen LogP contribution in [-0.4, -0.2) is 23.2 Å². The summed E-state index contributed by atoms with van der Waals surface area (Å²) >= 11 is 0. The second kappa shape index (κ2) is 7.31. The van der Waals surface area contributed by atoms with Crippen LogP contribution >= 0.6 is 0 Å². The Balaban J connectivity index is 1.97. The highest BCUT2D eigenvalue weighted by molar-refractivity contribution is 5.66. The Bertz CT molecular complexity index is 690. The van der Waals surface area contributed by atoms with E-state index in [1.54, 1.807) is 7.11 Å². The van der Waals surface area contributed by atoms with E-state index in [1.807, 2.05) is 24.3 Å². The number of aryl methyl sites for hydroxylation is 1. The maximum Gasteiger partial charge on any atom is 0.303 e. The Hall–Kier alpha value is -2.76. The molecule has 1 aromatic heterocycles. The number of benzene rings is 1. The number of ether oxygens (including phenoxy) is 2. The first-order valence-corrected chi connectivity index (χ1v) is 6.77. The number of H-pyrrole nitrogens is 1. The number of hydrogen-bond donors (Lipinski definition) is 2. The highest BCUT2D eigenvalue weighted by Crippen LogP contribution is 2.13. The van der Waals surface area contributed by atoms with Crippen LogP contribution in [0.2, 0.25) is 0 Å². The fourth-order valence-electron chi connectivity index (χ4n) is 1.88. The predicted octanol–water partition coefficient (Wildman–Crippen LogP) is 1.98. The number of carboxylic acids is 1. The van der Waals surface area contributed by atoms with Crippen molar-refractivity contribution in [1.82, 2.24) is 4.98 Å². The highest BCUT2D eigenvalue weighted by Gasteiger charge is 2.05. The van der Waals surface area contributed by atoms with Crippen molar-refractivity contribution in [3.8, 4) is 11.5 Å².